The van der Waals surface area contributed by atoms with Gasteiger partial charge < -0.3 is 9.52 Å². The Hall–Kier alpha value is -1.36. The van der Waals surface area contributed by atoms with Crippen molar-refractivity contribution >= 4 is 5.97 Å². The first kappa shape index (κ1) is 12.1. The molecule has 5 nitrogen and oxygen atoms in total. The van der Waals surface area contributed by atoms with Gasteiger partial charge in [0.1, 0.15) is 5.76 Å². The van der Waals surface area contributed by atoms with Crippen molar-refractivity contribution in [2.24, 2.45) is 0 Å². The fourth-order valence-corrected chi connectivity index (χ4v) is 2.32. The lowest BCUT2D eigenvalue weighted by molar-refractivity contribution is -0.138. The van der Waals surface area contributed by atoms with Crippen LogP contribution in [-0.4, -0.2) is 33.5 Å². The molecule has 1 atom stereocenters. The average Bonchev–Trinajstić information content (AvgIpc) is 2.76. The van der Waals surface area contributed by atoms with E-state index in [4.69, 9.17) is 9.52 Å². The molecule has 94 valence electrons. The number of rotatable bonds is 4. The van der Waals surface area contributed by atoms with Gasteiger partial charge in [0, 0.05) is 6.04 Å². The van der Waals surface area contributed by atoms with Gasteiger partial charge in [0.25, 0.3) is 0 Å². The van der Waals surface area contributed by atoms with Gasteiger partial charge in [-0.2, -0.15) is 0 Å². The van der Waals surface area contributed by atoms with E-state index in [0.29, 0.717) is 12.4 Å². The van der Waals surface area contributed by atoms with E-state index in [-0.39, 0.29) is 12.5 Å². The second-order valence-corrected chi connectivity index (χ2v) is 4.61. The predicted molar refractivity (Wildman–Crippen MR) is 61.7 cm³/mol. The van der Waals surface area contributed by atoms with Crippen LogP contribution in [0.4, 0.5) is 0 Å². The first-order valence-electron chi connectivity index (χ1n) is 5.95. The van der Waals surface area contributed by atoms with Gasteiger partial charge in [-0.15, -0.1) is 0 Å². The van der Waals surface area contributed by atoms with Gasteiger partial charge in [0.2, 0.25) is 5.89 Å². The molecule has 1 aromatic rings. The van der Waals surface area contributed by atoms with Crippen molar-refractivity contribution in [1.82, 2.24) is 9.88 Å². The molecule has 0 aliphatic carbocycles. The van der Waals surface area contributed by atoms with Gasteiger partial charge >= 0.3 is 5.97 Å². The molecule has 0 aromatic carbocycles. The number of hydrogen-bond donors (Lipinski definition) is 1. The molecule has 0 spiro atoms. The quantitative estimate of drug-likeness (QED) is 0.865. The molecule has 1 aliphatic rings. The Kier molecular flexibility index (Phi) is 3.47. The molecule has 5 heteroatoms. The highest BCUT2D eigenvalue weighted by Gasteiger charge is 2.27. The summed E-state index contributed by atoms with van der Waals surface area (Å²) in [6.45, 7) is 5.36. The van der Waals surface area contributed by atoms with Gasteiger partial charge in [0.15, 0.2) is 0 Å². The minimum atomic E-state index is -0.735. The third-order valence-corrected chi connectivity index (χ3v) is 3.32. The Bertz CT molecular complexity index is 394. The van der Waals surface area contributed by atoms with Crippen molar-refractivity contribution < 1.29 is 14.3 Å². The highest BCUT2D eigenvalue weighted by Crippen LogP contribution is 2.22. The number of hydrogen-bond acceptors (Lipinski definition) is 4. The highest BCUT2D eigenvalue weighted by molar-refractivity contribution is 5.67. The summed E-state index contributed by atoms with van der Waals surface area (Å²) in [5.41, 5.74) is 0.911. The molecule has 1 fully saturated rings. The van der Waals surface area contributed by atoms with E-state index in [9.17, 15) is 4.79 Å². The van der Waals surface area contributed by atoms with Crippen molar-refractivity contribution in [2.75, 3.05) is 6.54 Å². The third kappa shape index (κ3) is 2.85. The van der Waals surface area contributed by atoms with E-state index >= 15 is 0 Å². The molecule has 2 rings (SSSR count). The van der Waals surface area contributed by atoms with Crippen LogP contribution in [0, 0.1) is 13.8 Å². The van der Waals surface area contributed by atoms with Gasteiger partial charge in [0.05, 0.1) is 18.7 Å². The number of aromatic nitrogens is 1. The van der Waals surface area contributed by atoms with Crippen molar-refractivity contribution in [1.29, 1.82) is 0 Å². The topological polar surface area (TPSA) is 66.6 Å². The number of oxazole rings is 1. The Morgan fingerprint density at radius 2 is 2.35 bits per heavy atom. The summed E-state index contributed by atoms with van der Waals surface area (Å²) in [7, 11) is 0. The fraction of sp³-hybridized carbons (Fsp3) is 0.667. The Morgan fingerprint density at radius 1 is 1.59 bits per heavy atom. The minimum absolute atomic E-state index is 0.125. The van der Waals surface area contributed by atoms with E-state index in [1.54, 1.807) is 0 Å². The van der Waals surface area contributed by atoms with Crippen molar-refractivity contribution in [2.45, 2.75) is 45.7 Å². The monoisotopic (exact) mass is 238 g/mol. The van der Waals surface area contributed by atoms with E-state index in [1.807, 2.05) is 13.8 Å². The number of aryl methyl sites for hydroxylation is 2. The second kappa shape index (κ2) is 4.87. The molecule has 17 heavy (non-hydrogen) atoms. The summed E-state index contributed by atoms with van der Waals surface area (Å²) in [5.74, 6) is 0.799. The SMILES string of the molecule is Cc1nc(CN2CCCC2CC(=O)O)oc1C. The van der Waals surface area contributed by atoms with E-state index in [0.717, 1.165) is 30.8 Å². The Balaban J connectivity index is 2.00. The molecule has 1 saturated heterocycles. The number of carbonyl (C=O) groups is 1. The molecule has 0 amide bonds. The number of likely N-dealkylation sites (tertiary alicyclic amines) is 1. The fourth-order valence-electron chi connectivity index (χ4n) is 2.32. The van der Waals surface area contributed by atoms with Crippen LogP contribution >= 0.6 is 0 Å². The Morgan fingerprint density at radius 3 is 2.94 bits per heavy atom. The standard InChI is InChI=1S/C12H18N2O3/c1-8-9(2)17-11(13-8)7-14-5-3-4-10(14)6-12(15)16/h10H,3-7H2,1-2H3,(H,15,16). The zero-order chi connectivity index (χ0) is 12.4. The third-order valence-electron chi connectivity index (χ3n) is 3.32. The maximum atomic E-state index is 10.7. The molecule has 1 aromatic heterocycles. The summed E-state index contributed by atoms with van der Waals surface area (Å²) < 4.78 is 5.53. The molecular weight excluding hydrogens is 220 g/mol. The lowest BCUT2D eigenvalue weighted by Gasteiger charge is -2.21. The molecule has 1 unspecified atom stereocenters. The molecule has 0 saturated carbocycles. The van der Waals surface area contributed by atoms with E-state index in [1.165, 1.54) is 0 Å². The molecule has 1 N–H and O–H groups in total. The van der Waals surface area contributed by atoms with Crippen LogP contribution in [0.5, 0.6) is 0 Å². The van der Waals surface area contributed by atoms with Crippen LogP contribution in [-0.2, 0) is 11.3 Å². The van der Waals surface area contributed by atoms with Crippen LogP contribution in [0.15, 0.2) is 4.42 Å². The molecule has 2 heterocycles. The van der Waals surface area contributed by atoms with Crippen LogP contribution in [0.25, 0.3) is 0 Å². The molecular formula is C12H18N2O3. The van der Waals surface area contributed by atoms with Crippen molar-refractivity contribution in [3.63, 3.8) is 0 Å². The Labute approximate surface area is 100 Å². The van der Waals surface area contributed by atoms with Crippen LogP contribution < -0.4 is 0 Å². The lowest BCUT2D eigenvalue weighted by atomic mass is 10.1. The normalized spacial score (nSPS) is 20.9. The first-order chi connectivity index (χ1) is 8.06. The zero-order valence-electron chi connectivity index (χ0n) is 10.3. The van der Waals surface area contributed by atoms with E-state index in [2.05, 4.69) is 9.88 Å². The van der Waals surface area contributed by atoms with Crippen LogP contribution in [0.1, 0.15) is 36.6 Å². The number of aliphatic carboxylic acids is 1. The smallest absolute Gasteiger partial charge is 0.304 e. The van der Waals surface area contributed by atoms with Gasteiger partial charge in [-0.25, -0.2) is 4.98 Å². The van der Waals surface area contributed by atoms with Crippen LogP contribution in [0.2, 0.25) is 0 Å². The summed E-state index contributed by atoms with van der Waals surface area (Å²) in [4.78, 5) is 17.2. The second-order valence-electron chi connectivity index (χ2n) is 4.61. The van der Waals surface area contributed by atoms with Crippen molar-refractivity contribution in [3.8, 4) is 0 Å². The number of carboxylic acids is 1. The number of carboxylic acid groups (broad SMARTS) is 1. The van der Waals surface area contributed by atoms with Crippen molar-refractivity contribution in [3.05, 3.63) is 17.3 Å². The maximum Gasteiger partial charge on any atom is 0.304 e. The number of nitrogens with zero attached hydrogens (tertiary/aromatic N) is 2. The minimum Gasteiger partial charge on any atom is -0.481 e. The molecule has 0 radical (unpaired) electrons. The average molecular weight is 238 g/mol. The summed E-state index contributed by atoms with van der Waals surface area (Å²) in [6, 6.07) is 0.125. The maximum absolute atomic E-state index is 10.7. The highest BCUT2D eigenvalue weighted by atomic mass is 16.4. The summed E-state index contributed by atoms with van der Waals surface area (Å²) >= 11 is 0. The van der Waals surface area contributed by atoms with Gasteiger partial charge in [-0.3, -0.25) is 9.69 Å². The predicted octanol–water partition coefficient (Wildman–Crippen LogP) is 1.73. The largest absolute Gasteiger partial charge is 0.481 e. The van der Waals surface area contributed by atoms with Gasteiger partial charge in [-0.1, -0.05) is 0 Å². The summed E-state index contributed by atoms with van der Waals surface area (Å²) in [6.07, 6.45) is 2.21. The zero-order valence-corrected chi connectivity index (χ0v) is 10.3. The van der Waals surface area contributed by atoms with E-state index < -0.39 is 5.97 Å². The molecule has 1 aliphatic heterocycles. The van der Waals surface area contributed by atoms with Gasteiger partial charge in [-0.05, 0) is 33.2 Å². The summed E-state index contributed by atoms with van der Waals surface area (Å²) in [5, 5.41) is 8.84. The van der Waals surface area contributed by atoms with Crippen LogP contribution in [0.3, 0.4) is 0 Å². The lowest BCUT2D eigenvalue weighted by Crippen LogP contribution is -2.30. The first-order valence-corrected chi connectivity index (χ1v) is 5.95. The molecule has 0 bridgehead atoms.